The summed E-state index contributed by atoms with van der Waals surface area (Å²) >= 11 is 0. The van der Waals surface area contributed by atoms with Crippen LogP contribution in [0, 0.1) is 0 Å². The average Bonchev–Trinajstić information content (AvgIpc) is 3.76. The van der Waals surface area contributed by atoms with Gasteiger partial charge >= 0.3 is 11.9 Å². The first-order chi connectivity index (χ1) is 26.2. The van der Waals surface area contributed by atoms with Crippen molar-refractivity contribution in [3.63, 3.8) is 0 Å². The molecule has 0 aliphatic carbocycles. The van der Waals surface area contributed by atoms with Gasteiger partial charge in [-0.05, 0) is 35.1 Å². The summed E-state index contributed by atoms with van der Waals surface area (Å²) in [5.74, 6) is 1.21. The van der Waals surface area contributed by atoms with Gasteiger partial charge in [-0.2, -0.15) is 19.9 Å². The summed E-state index contributed by atoms with van der Waals surface area (Å²) in [6, 6.07) is 15.6. The number of unbranched alkanes of at least 4 members (excludes halogenated alkanes) is 2. The minimum Gasteiger partial charge on any atom is -0.469 e. The largest absolute Gasteiger partial charge is 0.469 e. The molecule has 6 N–H and O–H groups in total. The first-order valence-electron chi connectivity index (χ1n) is 17.9. The summed E-state index contributed by atoms with van der Waals surface area (Å²) in [6.07, 6.45) is 8.15. The van der Waals surface area contributed by atoms with Crippen LogP contribution in [0.3, 0.4) is 0 Å². The first kappa shape index (κ1) is 38.9. The Hall–Kier alpha value is -6.32. The molecule has 0 bridgehead atoms. The lowest BCUT2D eigenvalue weighted by Crippen LogP contribution is -2.09. The van der Waals surface area contributed by atoms with E-state index in [2.05, 4.69) is 54.4 Å². The number of benzene rings is 2. The number of carbonyl (C=O) groups is 2. The molecule has 16 heteroatoms. The van der Waals surface area contributed by atoms with Gasteiger partial charge in [0.1, 0.15) is 11.0 Å². The third-order valence-electron chi connectivity index (χ3n) is 8.45. The summed E-state index contributed by atoms with van der Waals surface area (Å²) in [6.45, 7) is 6.98. The molecule has 0 fully saturated rings. The van der Waals surface area contributed by atoms with Crippen molar-refractivity contribution in [1.29, 1.82) is 0 Å². The number of hydrogen-bond donors (Lipinski definition) is 4. The van der Waals surface area contributed by atoms with Gasteiger partial charge in [0, 0.05) is 13.1 Å². The number of rotatable bonds is 16. The van der Waals surface area contributed by atoms with Gasteiger partial charge in [0.15, 0.2) is 22.9 Å². The zero-order chi connectivity index (χ0) is 38.5. The lowest BCUT2D eigenvalue weighted by molar-refractivity contribution is -0.140. The molecule has 0 amide bonds. The van der Waals surface area contributed by atoms with Crippen LogP contribution in [0.15, 0.2) is 61.2 Å². The van der Waals surface area contributed by atoms with Crippen molar-refractivity contribution in [3.05, 3.63) is 83.4 Å². The number of hydrogen-bond acceptors (Lipinski definition) is 14. The molecule has 0 radical (unpaired) electrons. The van der Waals surface area contributed by atoms with Crippen LogP contribution in [0.2, 0.25) is 0 Å². The summed E-state index contributed by atoms with van der Waals surface area (Å²) in [7, 11) is 2.78. The van der Waals surface area contributed by atoms with E-state index < -0.39 is 0 Å². The molecule has 0 unspecified atom stereocenters. The quantitative estimate of drug-likeness (QED) is 0.0778. The van der Waals surface area contributed by atoms with Crippen molar-refractivity contribution in [2.75, 3.05) is 49.4 Å². The molecule has 4 aromatic heterocycles. The molecule has 6 aromatic rings. The van der Waals surface area contributed by atoms with E-state index >= 15 is 0 Å². The molecule has 0 aliphatic rings. The molecule has 0 atom stereocenters. The number of anilines is 4. The molecule has 54 heavy (non-hydrogen) atoms. The highest BCUT2D eigenvalue weighted by Crippen LogP contribution is 2.21. The smallest absolute Gasteiger partial charge is 0.309 e. The van der Waals surface area contributed by atoms with Crippen molar-refractivity contribution >= 4 is 57.8 Å². The predicted octanol–water partition coefficient (Wildman–Crippen LogP) is 4.77. The Morgan fingerprint density at radius 3 is 1.44 bits per heavy atom. The van der Waals surface area contributed by atoms with Gasteiger partial charge in [0.05, 0.1) is 52.8 Å². The van der Waals surface area contributed by atoms with Crippen molar-refractivity contribution in [2.24, 2.45) is 0 Å². The van der Waals surface area contributed by atoms with Crippen LogP contribution in [-0.4, -0.2) is 78.3 Å². The number of nitrogen functional groups attached to an aromatic ring is 2. The summed E-state index contributed by atoms with van der Waals surface area (Å²) in [4.78, 5) is 49.4. The van der Waals surface area contributed by atoms with E-state index in [0.717, 1.165) is 61.0 Å². The molecule has 2 aromatic carbocycles. The van der Waals surface area contributed by atoms with Crippen molar-refractivity contribution in [3.8, 4) is 0 Å². The molecule has 6 rings (SSSR count). The Morgan fingerprint density at radius 2 is 1.06 bits per heavy atom. The van der Waals surface area contributed by atoms with E-state index in [-0.39, 0.29) is 24.8 Å². The number of esters is 2. The number of nitrogens with one attached hydrogen (secondary N) is 2. The fourth-order valence-electron chi connectivity index (χ4n) is 5.62. The Kier molecular flexibility index (Phi) is 13.7. The fraction of sp³-hybridized carbons (Fsp3) is 0.368. The van der Waals surface area contributed by atoms with Gasteiger partial charge in [-0.3, -0.25) is 9.59 Å². The van der Waals surface area contributed by atoms with E-state index in [1.54, 1.807) is 12.7 Å². The third-order valence-corrected chi connectivity index (χ3v) is 8.45. The van der Waals surface area contributed by atoms with Crippen LogP contribution in [0.25, 0.3) is 22.3 Å². The number of ether oxygens (including phenoxy) is 2. The Balaban J connectivity index is 0.000000208. The molecule has 0 aliphatic heterocycles. The summed E-state index contributed by atoms with van der Waals surface area (Å²) < 4.78 is 13.3. The highest BCUT2D eigenvalue weighted by molar-refractivity contribution is 5.83. The molecular weight excluding hydrogens is 688 g/mol. The zero-order valence-electron chi connectivity index (χ0n) is 31.2. The summed E-state index contributed by atoms with van der Waals surface area (Å²) in [5, 5.41) is 6.40. The number of nitrogens with zero attached hydrogens (tertiary/aromatic N) is 8. The van der Waals surface area contributed by atoms with E-state index in [4.69, 9.17) is 20.9 Å². The Bertz CT molecular complexity index is 2030. The maximum Gasteiger partial charge on any atom is 0.309 e. The average molecular weight is 737 g/mol. The Labute approximate surface area is 313 Å². The topological polar surface area (TPSA) is 216 Å². The SMILES string of the molecule is CCCCNc1nc(N)c2ncn(Cc3cccc(CC(=O)OC)c3)c2n1.CCCCNc1nc(N)c2ncn(Cc3cccc(CC(=O)OC)c3)c2n1. The lowest BCUT2D eigenvalue weighted by Gasteiger charge is -2.08. The zero-order valence-corrected chi connectivity index (χ0v) is 31.2. The highest BCUT2D eigenvalue weighted by atomic mass is 16.5. The standard InChI is InChI=1S/2C19H24N6O2/c2*1-3-4-8-21-19-23-17(20)16-18(24-19)25(12-22-16)11-14-7-5-6-13(9-14)10-15(26)27-2/h2*5-7,9,12H,3-4,8,10-11H2,1-2H3,(H3,20,21,23,24). The van der Waals surface area contributed by atoms with Crippen LogP contribution >= 0.6 is 0 Å². The normalized spacial score (nSPS) is 10.9. The van der Waals surface area contributed by atoms with Crippen LogP contribution in [0.4, 0.5) is 23.5 Å². The second-order valence-electron chi connectivity index (χ2n) is 12.7. The molecule has 4 heterocycles. The summed E-state index contributed by atoms with van der Waals surface area (Å²) in [5.41, 5.74) is 18.5. The van der Waals surface area contributed by atoms with Gasteiger partial charge in [-0.1, -0.05) is 75.2 Å². The fourth-order valence-corrected chi connectivity index (χ4v) is 5.62. The second-order valence-corrected chi connectivity index (χ2v) is 12.7. The van der Waals surface area contributed by atoms with Gasteiger partial charge in [0.2, 0.25) is 11.9 Å². The van der Waals surface area contributed by atoms with E-state index in [0.29, 0.717) is 58.9 Å². The molecule has 0 spiro atoms. The third kappa shape index (κ3) is 10.4. The highest BCUT2D eigenvalue weighted by Gasteiger charge is 2.14. The molecule has 284 valence electrons. The van der Waals surface area contributed by atoms with Crippen molar-refractivity contribution < 1.29 is 19.1 Å². The second kappa shape index (κ2) is 19.0. The van der Waals surface area contributed by atoms with Crippen molar-refractivity contribution in [1.82, 2.24) is 39.0 Å². The lowest BCUT2D eigenvalue weighted by atomic mass is 10.1. The predicted molar refractivity (Wildman–Crippen MR) is 209 cm³/mol. The minimum absolute atomic E-state index is 0.246. The van der Waals surface area contributed by atoms with Gasteiger partial charge < -0.3 is 40.7 Å². The van der Waals surface area contributed by atoms with Crippen LogP contribution < -0.4 is 22.1 Å². The number of imidazole rings is 2. The molecular formula is C38H48N12O4. The van der Waals surface area contributed by atoms with Crippen LogP contribution in [0.1, 0.15) is 61.8 Å². The van der Waals surface area contributed by atoms with Crippen molar-refractivity contribution in [2.45, 2.75) is 65.5 Å². The maximum atomic E-state index is 11.5. The van der Waals surface area contributed by atoms with Crippen LogP contribution in [0.5, 0.6) is 0 Å². The number of methoxy groups -OCH3 is 2. The maximum absolute atomic E-state index is 11.5. The number of fused-ring (bicyclic) bond motifs is 2. The molecule has 16 nitrogen and oxygen atoms in total. The van der Waals surface area contributed by atoms with Gasteiger partial charge in [0.25, 0.3) is 0 Å². The van der Waals surface area contributed by atoms with Gasteiger partial charge in [-0.25, -0.2) is 9.97 Å². The Morgan fingerprint density at radius 1 is 0.648 bits per heavy atom. The van der Waals surface area contributed by atoms with E-state index in [1.807, 2.05) is 57.7 Å². The number of aromatic nitrogens is 8. The van der Waals surface area contributed by atoms with Gasteiger partial charge in [-0.15, -0.1) is 0 Å². The van der Waals surface area contributed by atoms with E-state index in [1.165, 1.54) is 14.2 Å². The van der Waals surface area contributed by atoms with Crippen LogP contribution in [-0.2, 0) is 45.0 Å². The minimum atomic E-state index is -0.261. The van der Waals surface area contributed by atoms with E-state index in [9.17, 15) is 9.59 Å². The molecule has 0 saturated heterocycles. The number of carbonyl (C=O) groups excluding carboxylic acids is 2. The molecule has 0 saturated carbocycles. The first-order valence-corrected chi connectivity index (χ1v) is 17.9. The monoisotopic (exact) mass is 736 g/mol. The number of nitrogens with two attached hydrogens (primary N) is 2.